The predicted molar refractivity (Wildman–Crippen MR) is 92.5 cm³/mol. The Hall–Kier alpha value is -2.70. The second kappa shape index (κ2) is 8.81. The lowest BCUT2D eigenvalue weighted by atomic mass is 10.1. The van der Waals surface area contributed by atoms with Gasteiger partial charge in [0.2, 0.25) is 5.91 Å². The average molecular weight is 331 g/mol. The first-order chi connectivity index (χ1) is 11.6. The molecule has 0 saturated carbocycles. The lowest BCUT2D eigenvalue weighted by Crippen LogP contribution is -2.30. The summed E-state index contributed by atoms with van der Waals surface area (Å²) in [5.74, 6) is 1.76. The quantitative estimate of drug-likeness (QED) is 0.646. The summed E-state index contributed by atoms with van der Waals surface area (Å²) in [5.41, 5.74) is 0.781. The molecule has 0 atom stereocenters. The minimum absolute atomic E-state index is 0.101. The maximum atomic E-state index is 12.8. The van der Waals surface area contributed by atoms with Gasteiger partial charge in [-0.3, -0.25) is 4.79 Å². The number of anilines is 2. The summed E-state index contributed by atoms with van der Waals surface area (Å²) in [7, 11) is 0. The Kier molecular flexibility index (Phi) is 6.48. The van der Waals surface area contributed by atoms with Gasteiger partial charge in [0.05, 0.1) is 6.42 Å². The van der Waals surface area contributed by atoms with Gasteiger partial charge < -0.3 is 16.0 Å². The molecule has 2 rings (SSSR count). The van der Waals surface area contributed by atoms with Crippen molar-refractivity contribution in [2.45, 2.75) is 20.3 Å². The molecule has 0 fully saturated rings. The Balaban J connectivity index is 1.74. The SMILES string of the molecule is CCNc1cc(NCCNC(=O)Cc2ccc(F)cc2)nc(C)n1. The summed E-state index contributed by atoms with van der Waals surface area (Å²) >= 11 is 0. The first-order valence-corrected chi connectivity index (χ1v) is 7.91. The van der Waals surface area contributed by atoms with Gasteiger partial charge in [-0.2, -0.15) is 0 Å². The number of nitrogens with zero attached hydrogens (tertiary/aromatic N) is 2. The monoisotopic (exact) mass is 331 g/mol. The number of hydrogen-bond acceptors (Lipinski definition) is 5. The summed E-state index contributed by atoms with van der Waals surface area (Å²) in [6.07, 6.45) is 0.234. The van der Waals surface area contributed by atoms with E-state index in [0.29, 0.717) is 24.7 Å². The van der Waals surface area contributed by atoms with Crippen LogP contribution in [-0.2, 0) is 11.2 Å². The third kappa shape index (κ3) is 5.83. The van der Waals surface area contributed by atoms with Crippen molar-refractivity contribution in [1.82, 2.24) is 15.3 Å². The third-order valence-electron chi connectivity index (χ3n) is 3.23. The second-order valence-electron chi connectivity index (χ2n) is 5.30. The van der Waals surface area contributed by atoms with Crippen molar-refractivity contribution in [1.29, 1.82) is 0 Å². The van der Waals surface area contributed by atoms with Gasteiger partial charge in [0.1, 0.15) is 23.3 Å². The van der Waals surface area contributed by atoms with Crippen molar-refractivity contribution in [3.05, 3.63) is 47.5 Å². The topological polar surface area (TPSA) is 78.9 Å². The van der Waals surface area contributed by atoms with E-state index < -0.39 is 0 Å². The highest BCUT2D eigenvalue weighted by Crippen LogP contribution is 2.10. The summed E-state index contributed by atoms with van der Waals surface area (Å²) in [4.78, 5) is 20.4. The van der Waals surface area contributed by atoms with Crippen LogP contribution in [0.4, 0.5) is 16.0 Å². The number of aromatic nitrogens is 2. The van der Waals surface area contributed by atoms with Crippen LogP contribution in [0, 0.1) is 12.7 Å². The second-order valence-corrected chi connectivity index (χ2v) is 5.30. The van der Waals surface area contributed by atoms with Crippen LogP contribution in [-0.4, -0.2) is 35.5 Å². The third-order valence-corrected chi connectivity index (χ3v) is 3.23. The van der Waals surface area contributed by atoms with Crippen molar-refractivity contribution in [3.63, 3.8) is 0 Å². The zero-order chi connectivity index (χ0) is 17.4. The van der Waals surface area contributed by atoms with E-state index >= 15 is 0 Å². The molecule has 24 heavy (non-hydrogen) atoms. The van der Waals surface area contributed by atoms with E-state index in [9.17, 15) is 9.18 Å². The molecule has 0 spiro atoms. The Labute approximate surface area is 140 Å². The van der Waals surface area contributed by atoms with Crippen molar-refractivity contribution in [2.24, 2.45) is 0 Å². The summed E-state index contributed by atoms with van der Waals surface area (Å²) in [6, 6.07) is 7.75. The van der Waals surface area contributed by atoms with Crippen LogP contribution >= 0.6 is 0 Å². The molecular formula is C17H22FN5O. The van der Waals surface area contributed by atoms with Crippen LogP contribution in [0.25, 0.3) is 0 Å². The van der Waals surface area contributed by atoms with Gasteiger partial charge in [-0.15, -0.1) is 0 Å². The van der Waals surface area contributed by atoms with Gasteiger partial charge in [0.15, 0.2) is 0 Å². The van der Waals surface area contributed by atoms with Crippen LogP contribution in [0.5, 0.6) is 0 Å². The predicted octanol–water partition coefficient (Wildman–Crippen LogP) is 2.13. The number of carbonyl (C=O) groups excluding carboxylic acids is 1. The van der Waals surface area contributed by atoms with E-state index in [-0.39, 0.29) is 18.1 Å². The van der Waals surface area contributed by atoms with E-state index in [4.69, 9.17) is 0 Å². The Morgan fingerprint density at radius 1 is 1.08 bits per heavy atom. The first-order valence-electron chi connectivity index (χ1n) is 7.91. The van der Waals surface area contributed by atoms with E-state index in [1.54, 1.807) is 12.1 Å². The number of rotatable bonds is 8. The number of amides is 1. The number of carbonyl (C=O) groups is 1. The molecule has 1 aromatic carbocycles. The van der Waals surface area contributed by atoms with Gasteiger partial charge in [0, 0.05) is 25.7 Å². The molecule has 3 N–H and O–H groups in total. The van der Waals surface area contributed by atoms with Gasteiger partial charge in [-0.1, -0.05) is 12.1 Å². The van der Waals surface area contributed by atoms with Crippen LogP contribution in [0.15, 0.2) is 30.3 Å². The van der Waals surface area contributed by atoms with Gasteiger partial charge in [-0.25, -0.2) is 14.4 Å². The summed E-state index contributed by atoms with van der Waals surface area (Å²) < 4.78 is 12.8. The molecule has 0 aliphatic carbocycles. The number of halogens is 1. The maximum Gasteiger partial charge on any atom is 0.224 e. The molecule has 1 aromatic heterocycles. The van der Waals surface area contributed by atoms with Crippen molar-refractivity contribution in [3.8, 4) is 0 Å². The smallest absolute Gasteiger partial charge is 0.224 e. The van der Waals surface area contributed by atoms with E-state index in [1.807, 2.05) is 19.9 Å². The number of aryl methyl sites for hydroxylation is 1. The molecule has 6 nitrogen and oxygen atoms in total. The molecule has 0 aliphatic rings. The number of benzene rings is 1. The largest absolute Gasteiger partial charge is 0.370 e. The highest BCUT2D eigenvalue weighted by Gasteiger charge is 2.04. The average Bonchev–Trinajstić information content (AvgIpc) is 2.54. The molecule has 0 aliphatic heterocycles. The first kappa shape index (κ1) is 17.7. The standard InChI is InChI=1S/C17H22FN5O/c1-3-19-15-11-16(23-12(2)22-15)20-8-9-21-17(24)10-13-4-6-14(18)7-5-13/h4-7,11H,3,8-10H2,1-2H3,(H,21,24)(H2,19,20,22,23). The van der Waals surface area contributed by atoms with Gasteiger partial charge in [0.25, 0.3) is 0 Å². The molecule has 1 amide bonds. The van der Waals surface area contributed by atoms with E-state index in [2.05, 4.69) is 25.9 Å². The zero-order valence-electron chi connectivity index (χ0n) is 13.9. The van der Waals surface area contributed by atoms with Crippen molar-refractivity contribution in [2.75, 3.05) is 30.3 Å². The van der Waals surface area contributed by atoms with Gasteiger partial charge in [-0.05, 0) is 31.5 Å². The van der Waals surface area contributed by atoms with Crippen LogP contribution in [0.3, 0.4) is 0 Å². The molecule has 128 valence electrons. The molecule has 0 radical (unpaired) electrons. The van der Waals surface area contributed by atoms with Crippen LogP contribution in [0.2, 0.25) is 0 Å². The molecule has 0 bridgehead atoms. The summed E-state index contributed by atoms with van der Waals surface area (Å²) in [5, 5.41) is 9.11. The Morgan fingerprint density at radius 3 is 2.42 bits per heavy atom. The minimum Gasteiger partial charge on any atom is -0.370 e. The van der Waals surface area contributed by atoms with E-state index in [0.717, 1.165) is 17.9 Å². The fraction of sp³-hybridized carbons (Fsp3) is 0.353. The fourth-order valence-corrected chi connectivity index (χ4v) is 2.17. The van der Waals surface area contributed by atoms with E-state index in [1.165, 1.54) is 12.1 Å². The lowest BCUT2D eigenvalue weighted by Gasteiger charge is -2.10. The maximum absolute atomic E-state index is 12.8. The van der Waals surface area contributed by atoms with Gasteiger partial charge >= 0.3 is 0 Å². The minimum atomic E-state index is -0.305. The molecule has 0 unspecified atom stereocenters. The molecule has 2 aromatic rings. The molecule has 0 saturated heterocycles. The molecule has 1 heterocycles. The highest BCUT2D eigenvalue weighted by atomic mass is 19.1. The van der Waals surface area contributed by atoms with Crippen LogP contribution in [0.1, 0.15) is 18.3 Å². The lowest BCUT2D eigenvalue weighted by molar-refractivity contribution is -0.120. The Morgan fingerprint density at radius 2 is 1.75 bits per heavy atom. The zero-order valence-corrected chi connectivity index (χ0v) is 13.9. The Bertz CT molecular complexity index is 675. The number of hydrogen-bond donors (Lipinski definition) is 3. The molecular weight excluding hydrogens is 309 g/mol. The normalized spacial score (nSPS) is 10.3. The highest BCUT2D eigenvalue weighted by molar-refractivity contribution is 5.78. The van der Waals surface area contributed by atoms with Crippen LogP contribution < -0.4 is 16.0 Å². The van der Waals surface area contributed by atoms with Crippen molar-refractivity contribution < 1.29 is 9.18 Å². The molecule has 7 heteroatoms. The van der Waals surface area contributed by atoms with Crippen molar-refractivity contribution >= 4 is 17.5 Å². The number of nitrogens with one attached hydrogen (secondary N) is 3. The summed E-state index contributed by atoms with van der Waals surface area (Å²) in [6.45, 7) is 5.64. The fourth-order valence-electron chi connectivity index (χ4n) is 2.17.